The number of anilines is 3. The van der Waals surface area contributed by atoms with Crippen LogP contribution in [0, 0.1) is 0 Å². The van der Waals surface area contributed by atoms with Crippen molar-refractivity contribution in [2.24, 2.45) is 0 Å². The molecule has 10 aromatic carbocycles. The zero-order chi connectivity index (χ0) is 38.9. The molecule has 0 bridgehead atoms. The Balaban J connectivity index is 1.15. The van der Waals surface area contributed by atoms with Crippen LogP contribution in [0.5, 0.6) is 0 Å². The molecule has 0 N–H and O–H groups in total. The van der Waals surface area contributed by atoms with E-state index in [1.165, 1.54) is 82.3 Å². The Hall–Kier alpha value is -7.68. The van der Waals surface area contributed by atoms with E-state index >= 15 is 0 Å². The monoisotopic (exact) mass is 750 g/mol. The first-order chi connectivity index (χ1) is 29.3. The number of hydrogen-bond acceptors (Lipinski definition) is 1. The number of fused-ring (bicyclic) bond motifs is 8. The van der Waals surface area contributed by atoms with Crippen LogP contribution >= 0.6 is 0 Å². The molecule has 2 nitrogen and oxygen atoms in total. The van der Waals surface area contributed by atoms with Gasteiger partial charge in [-0.25, -0.2) is 0 Å². The lowest BCUT2D eigenvalue weighted by atomic mass is 9.80. The summed E-state index contributed by atoms with van der Waals surface area (Å²) in [6.45, 7) is 0. The Morgan fingerprint density at radius 1 is 0.339 bits per heavy atom. The van der Waals surface area contributed by atoms with Crippen molar-refractivity contribution in [1.29, 1.82) is 0 Å². The van der Waals surface area contributed by atoms with Gasteiger partial charge in [-0.05, 0) is 91.5 Å². The molecular formula is C57H38N2. The van der Waals surface area contributed by atoms with Crippen LogP contribution in [-0.4, -0.2) is 4.57 Å². The molecule has 59 heavy (non-hydrogen) atoms. The van der Waals surface area contributed by atoms with Crippen molar-refractivity contribution in [3.05, 3.63) is 247 Å². The van der Waals surface area contributed by atoms with Crippen molar-refractivity contribution in [1.82, 2.24) is 4.57 Å². The molecule has 12 rings (SSSR count). The van der Waals surface area contributed by atoms with Crippen molar-refractivity contribution in [2.75, 3.05) is 4.90 Å². The average molecular weight is 751 g/mol. The Labute approximate surface area is 343 Å². The zero-order valence-corrected chi connectivity index (χ0v) is 32.3. The third-order valence-corrected chi connectivity index (χ3v) is 12.6. The first-order valence-electron chi connectivity index (χ1n) is 20.4. The Morgan fingerprint density at radius 2 is 0.864 bits per heavy atom. The maximum Gasteiger partial charge on any atom is 0.122 e. The van der Waals surface area contributed by atoms with E-state index in [1.54, 1.807) is 0 Å². The minimum atomic E-state index is -0.626. The molecule has 1 heterocycles. The van der Waals surface area contributed by atoms with Crippen molar-refractivity contribution < 1.29 is 0 Å². The second-order valence-corrected chi connectivity index (χ2v) is 15.6. The highest BCUT2D eigenvalue weighted by Gasteiger charge is 2.47. The van der Waals surface area contributed by atoms with Crippen LogP contribution in [0.2, 0.25) is 0 Å². The fourth-order valence-electron chi connectivity index (χ4n) is 10.1. The molecule has 11 aromatic rings. The summed E-state index contributed by atoms with van der Waals surface area (Å²) in [5.41, 5.74) is 13.9. The van der Waals surface area contributed by atoms with E-state index in [0.29, 0.717) is 0 Å². The fraction of sp³-hybridized carbons (Fsp3) is 0.0175. The Bertz CT molecular complexity index is 3340. The molecule has 0 spiro atoms. The smallest absolute Gasteiger partial charge is 0.122 e. The number of aromatic nitrogens is 1. The predicted molar refractivity (Wildman–Crippen MR) is 248 cm³/mol. The van der Waals surface area contributed by atoms with Gasteiger partial charge in [0.15, 0.2) is 0 Å². The second-order valence-electron chi connectivity index (χ2n) is 15.6. The summed E-state index contributed by atoms with van der Waals surface area (Å²) in [4.78, 5) is 2.45. The highest BCUT2D eigenvalue weighted by atomic mass is 15.2. The molecule has 0 unspecified atom stereocenters. The predicted octanol–water partition coefficient (Wildman–Crippen LogP) is 15.1. The Kier molecular flexibility index (Phi) is 7.48. The normalized spacial score (nSPS) is 12.9. The van der Waals surface area contributed by atoms with Crippen LogP contribution in [0.15, 0.2) is 231 Å². The number of hydrogen-bond donors (Lipinski definition) is 0. The molecule has 0 radical (unpaired) electrons. The molecule has 0 fully saturated rings. The van der Waals surface area contributed by atoms with E-state index in [1.807, 2.05) is 0 Å². The molecule has 0 saturated carbocycles. The van der Waals surface area contributed by atoms with Crippen molar-refractivity contribution in [3.8, 4) is 22.3 Å². The lowest BCUT2D eigenvalue weighted by Gasteiger charge is -2.36. The van der Waals surface area contributed by atoms with Gasteiger partial charge in [0.2, 0.25) is 0 Å². The summed E-state index contributed by atoms with van der Waals surface area (Å²) >= 11 is 0. The minimum absolute atomic E-state index is 0.626. The summed E-state index contributed by atoms with van der Waals surface area (Å²) < 4.78 is 2.64. The van der Waals surface area contributed by atoms with E-state index in [0.717, 1.165) is 17.1 Å². The second kappa shape index (κ2) is 13.2. The van der Waals surface area contributed by atoms with Gasteiger partial charge in [0, 0.05) is 27.5 Å². The van der Waals surface area contributed by atoms with Gasteiger partial charge >= 0.3 is 0 Å². The largest absolute Gasteiger partial charge is 0.322 e. The lowest BCUT2D eigenvalue weighted by molar-refractivity contribution is 0.564. The maximum absolute atomic E-state index is 2.64. The summed E-state index contributed by atoms with van der Waals surface area (Å²) in [6.07, 6.45) is 0. The van der Waals surface area contributed by atoms with Gasteiger partial charge in [0.05, 0.1) is 16.7 Å². The fourth-order valence-corrected chi connectivity index (χ4v) is 10.1. The van der Waals surface area contributed by atoms with Gasteiger partial charge in [-0.2, -0.15) is 0 Å². The third-order valence-electron chi connectivity index (χ3n) is 12.6. The Morgan fingerprint density at radius 3 is 1.61 bits per heavy atom. The van der Waals surface area contributed by atoms with E-state index in [-0.39, 0.29) is 0 Å². The molecule has 1 aromatic heterocycles. The van der Waals surface area contributed by atoms with Crippen molar-refractivity contribution in [2.45, 2.75) is 5.54 Å². The molecular weight excluding hydrogens is 713 g/mol. The van der Waals surface area contributed by atoms with E-state index in [4.69, 9.17) is 0 Å². The quantitative estimate of drug-likeness (QED) is 0.164. The molecule has 0 aliphatic heterocycles. The molecule has 1 aliphatic rings. The van der Waals surface area contributed by atoms with Gasteiger partial charge in [-0.1, -0.05) is 194 Å². The molecule has 0 amide bonds. The highest BCUT2D eigenvalue weighted by Crippen LogP contribution is 2.56. The van der Waals surface area contributed by atoms with Crippen LogP contribution in [0.4, 0.5) is 17.1 Å². The molecule has 2 heteroatoms. The first-order valence-corrected chi connectivity index (χ1v) is 20.4. The van der Waals surface area contributed by atoms with Gasteiger partial charge in [-0.15, -0.1) is 0 Å². The van der Waals surface area contributed by atoms with Crippen LogP contribution in [-0.2, 0) is 5.54 Å². The van der Waals surface area contributed by atoms with E-state index in [9.17, 15) is 0 Å². The molecule has 276 valence electrons. The van der Waals surface area contributed by atoms with Crippen LogP contribution in [0.25, 0.3) is 65.6 Å². The number of para-hydroxylation sites is 1. The minimum Gasteiger partial charge on any atom is -0.322 e. The number of rotatable bonds is 6. The van der Waals surface area contributed by atoms with Gasteiger partial charge in [0.25, 0.3) is 0 Å². The van der Waals surface area contributed by atoms with E-state index in [2.05, 4.69) is 240 Å². The van der Waals surface area contributed by atoms with Crippen molar-refractivity contribution >= 4 is 60.4 Å². The first kappa shape index (κ1) is 33.5. The van der Waals surface area contributed by atoms with Crippen molar-refractivity contribution in [3.63, 3.8) is 0 Å². The highest BCUT2D eigenvalue weighted by molar-refractivity contribution is 6.11. The number of nitrogens with zero attached hydrogens (tertiary/aromatic N) is 2. The third kappa shape index (κ3) is 4.93. The van der Waals surface area contributed by atoms with Gasteiger partial charge in [-0.3, -0.25) is 0 Å². The zero-order valence-electron chi connectivity index (χ0n) is 32.3. The van der Waals surface area contributed by atoms with Gasteiger partial charge < -0.3 is 9.47 Å². The standard InChI is InChI=1S/C57H38N2/c1-2-20-42(21-3-1)57(52-28-11-8-24-48(52)49-25-9-12-29-53(49)57)59-55-30-13-10-26-50(55)51-37-36-44(38-56(51)59)58(54-31-15-19-40-17-5-7-23-47(40)54)43-34-32-41(33-35-43)46-27-14-18-39-16-4-6-22-45(39)46/h1-38H. The number of benzene rings is 10. The SMILES string of the molecule is c1ccc(C2(n3c4ccccc4c4ccc(N(c5ccc(-c6cccc7ccccc67)cc5)c5cccc6ccccc56)cc43)c3ccccc3-c3ccccc32)cc1. The van der Waals surface area contributed by atoms with Crippen LogP contribution < -0.4 is 4.90 Å². The molecule has 1 aliphatic carbocycles. The topological polar surface area (TPSA) is 8.17 Å². The van der Waals surface area contributed by atoms with Crippen LogP contribution in [0.1, 0.15) is 16.7 Å². The lowest BCUT2D eigenvalue weighted by Crippen LogP contribution is -2.35. The summed E-state index contributed by atoms with van der Waals surface area (Å²) in [7, 11) is 0. The summed E-state index contributed by atoms with van der Waals surface area (Å²) in [5, 5.41) is 7.38. The van der Waals surface area contributed by atoms with Crippen LogP contribution in [0.3, 0.4) is 0 Å². The molecule has 0 atom stereocenters. The van der Waals surface area contributed by atoms with Gasteiger partial charge in [0.1, 0.15) is 5.54 Å². The van der Waals surface area contributed by atoms with E-state index < -0.39 is 5.54 Å². The maximum atomic E-state index is 2.64. The average Bonchev–Trinajstić information content (AvgIpc) is 3.80. The molecule has 0 saturated heterocycles. The summed E-state index contributed by atoms with van der Waals surface area (Å²) in [6, 6.07) is 84.9. The summed E-state index contributed by atoms with van der Waals surface area (Å²) in [5.74, 6) is 0.